The van der Waals surface area contributed by atoms with Gasteiger partial charge in [0.25, 0.3) is 0 Å². The first-order valence-corrected chi connectivity index (χ1v) is 4.61. The van der Waals surface area contributed by atoms with Crippen LogP contribution in [0.2, 0.25) is 0 Å². The molecule has 0 saturated carbocycles. The van der Waals surface area contributed by atoms with E-state index < -0.39 is 0 Å². The van der Waals surface area contributed by atoms with E-state index in [9.17, 15) is 0 Å². The zero-order valence-corrected chi connectivity index (χ0v) is 8.05. The Balaban J connectivity index is 2.13. The zero-order chi connectivity index (χ0) is 8.72. The van der Waals surface area contributed by atoms with Gasteiger partial charge in [0.05, 0.1) is 6.34 Å². The number of nitrogens with one attached hydrogen (secondary N) is 2. The molecule has 0 amide bonds. The van der Waals surface area contributed by atoms with Gasteiger partial charge in [-0.05, 0) is 0 Å². The van der Waals surface area contributed by atoms with Crippen LogP contribution in [0.4, 0.5) is 0 Å². The summed E-state index contributed by atoms with van der Waals surface area (Å²) in [5, 5.41) is 6.08. The number of fused-ring (bicyclic) bond motifs is 1. The van der Waals surface area contributed by atoms with Crippen LogP contribution in [0.1, 0.15) is 0 Å². The first-order valence-electron chi connectivity index (χ1n) is 3.74. The standard InChI is InChI=1S/C6H10Cl2N4/c1-12-2-9-3-4(7)10-6(8)11-5(3)12/h2-6,10-11H,1H3. The molecule has 0 radical (unpaired) electrons. The summed E-state index contributed by atoms with van der Waals surface area (Å²) in [6.07, 6.45) is 1.89. The molecule has 4 atom stereocenters. The number of rotatable bonds is 0. The van der Waals surface area contributed by atoms with Crippen LogP contribution in [-0.2, 0) is 0 Å². The van der Waals surface area contributed by atoms with Crippen molar-refractivity contribution in [1.82, 2.24) is 15.5 Å². The Kier molecular flexibility index (Phi) is 2.16. The van der Waals surface area contributed by atoms with Crippen molar-refractivity contribution in [2.45, 2.75) is 23.3 Å². The van der Waals surface area contributed by atoms with E-state index in [1.165, 1.54) is 0 Å². The third-order valence-electron chi connectivity index (χ3n) is 2.11. The van der Waals surface area contributed by atoms with Gasteiger partial charge in [0, 0.05) is 7.05 Å². The highest BCUT2D eigenvalue weighted by Gasteiger charge is 2.39. The zero-order valence-electron chi connectivity index (χ0n) is 6.54. The minimum absolute atomic E-state index is 0.0478. The monoisotopic (exact) mass is 208 g/mol. The third kappa shape index (κ3) is 1.29. The smallest absolute Gasteiger partial charge is 0.138 e. The van der Waals surface area contributed by atoms with Crippen molar-refractivity contribution in [2.24, 2.45) is 4.99 Å². The van der Waals surface area contributed by atoms with Gasteiger partial charge in [-0.25, -0.2) is 0 Å². The molecular weight excluding hydrogens is 199 g/mol. The molecule has 4 unspecified atom stereocenters. The number of likely N-dealkylation sites (N-methyl/N-ethyl adjacent to an activating group) is 1. The Hall–Kier alpha value is -0.0300. The maximum Gasteiger partial charge on any atom is 0.138 e. The van der Waals surface area contributed by atoms with E-state index >= 15 is 0 Å². The van der Waals surface area contributed by atoms with E-state index in [0.717, 1.165) is 0 Å². The van der Waals surface area contributed by atoms with Crippen LogP contribution in [0.3, 0.4) is 0 Å². The molecule has 0 bridgehead atoms. The van der Waals surface area contributed by atoms with Crippen molar-refractivity contribution >= 4 is 29.5 Å². The molecule has 0 aromatic carbocycles. The molecule has 2 aliphatic heterocycles. The number of halogens is 2. The molecule has 0 aliphatic carbocycles. The second-order valence-corrected chi connectivity index (χ2v) is 3.87. The van der Waals surface area contributed by atoms with E-state index in [-0.39, 0.29) is 23.3 Å². The van der Waals surface area contributed by atoms with Crippen molar-refractivity contribution in [3.63, 3.8) is 0 Å². The molecule has 2 rings (SSSR count). The average molecular weight is 209 g/mol. The second kappa shape index (κ2) is 3.03. The molecular formula is C6H10Cl2N4. The average Bonchev–Trinajstić information content (AvgIpc) is 2.33. The Labute approximate surface area is 80.9 Å². The highest BCUT2D eigenvalue weighted by atomic mass is 35.5. The maximum atomic E-state index is 6.00. The van der Waals surface area contributed by atoms with Crippen LogP contribution < -0.4 is 10.6 Å². The summed E-state index contributed by atoms with van der Waals surface area (Å²) < 4.78 is 0. The quantitative estimate of drug-likeness (QED) is 0.433. The van der Waals surface area contributed by atoms with E-state index in [1.54, 1.807) is 6.34 Å². The number of hydrogen-bond acceptors (Lipinski definition) is 4. The molecule has 2 heterocycles. The first-order chi connectivity index (χ1) is 5.68. The van der Waals surface area contributed by atoms with E-state index in [4.69, 9.17) is 23.2 Å². The molecule has 2 aliphatic rings. The van der Waals surface area contributed by atoms with Crippen molar-refractivity contribution in [3.8, 4) is 0 Å². The van der Waals surface area contributed by atoms with Gasteiger partial charge in [-0.3, -0.25) is 15.6 Å². The van der Waals surface area contributed by atoms with Crippen LogP contribution in [0.15, 0.2) is 4.99 Å². The maximum absolute atomic E-state index is 6.00. The van der Waals surface area contributed by atoms with Crippen LogP contribution in [0.5, 0.6) is 0 Å². The minimum Gasteiger partial charge on any atom is -0.348 e. The van der Waals surface area contributed by atoms with E-state index in [2.05, 4.69) is 15.6 Å². The van der Waals surface area contributed by atoms with E-state index in [1.807, 2.05) is 11.9 Å². The fourth-order valence-electron chi connectivity index (χ4n) is 1.46. The number of alkyl halides is 2. The summed E-state index contributed by atoms with van der Waals surface area (Å²) in [5.41, 5.74) is -0.474. The van der Waals surface area contributed by atoms with Crippen molar-refractivity contribution in [3.05, 3.63) is 0 Å². The number of hydrogen-bond donors (Lipinski definition) is 2. The molecule has 4 nitrogen and oxygen atoms in total. The largest absolute Gasteiger partial charge is 0.348 e. The SMILES string of the molecule is CN1C=NC2C(Cl)NC(Cl)NC21. The topological polar surface area (TPSA) is 39.7 Å². The summed E-state index contributed by atoms with van der Waals surface area (Å²) >= 11 is 11.9. The van der Waals surface area contributed by atoms with Gasteiger partial charge in [-0.2, -0.15) is 0 Å². The summed E-state index contributed by atoms with van der Waals surface area (Å²) in [7, 11) is 1.94. The van der Waals surface area contributed by atoms with Crippen molar-refractivity contribution < 1.29 is 0 Å². The molecule has 68 valence electrons. The van der Waals surface area contributed by atoms with E-state index in [0.29, 0.717) is 0 Å². The predicted molar refractivity (Wildman–Crippen MR) is 49.4 cm³/mol. The number of aliphatic imine (C=N–C) groups is 1. The van der Waals surface area contributed by atoms with Crippen LogP contribution in [0, 0.1) is 0 Å². The summed E-state index contributed by atoms with van der Waals surface area (Å²) in [5.74, 6) is 0. The van der Waals surface area contributed by atoms with Gasteiger partial charge in [0.2, 0.25) is 0 Å². The second-order valence-electron chi connectivity index (χ2n) is 2.96. The van der Waals surface area contributed by atoms with Crippen molar-refractivity contribution in [1.29, 1.82) is 0 Å². The fourth-order valence-corrected chi connectivity index (χ4v) is 2.12. The molecule has 2 N–H and O–H groups in total. The molecule has 6 heteroatoms. The molecule has 0 aromatic heterocycles. The van der Waals surface area contributed by atoms with Gasteiger partial charge in [0.15, 0.2) is 0 Å². The van der Waals surface area contributed by atoms with Crippen LogP contribution >= 0.6 is 23.2 Å². The highest BCUT2D eigenvalue weighted by molar-refractivity contribution is 6.23. The highest BCUT2D eigenvalue weighted by Crippen LogP contribution is 2.20. The predicted octanol–water partition coefficient (Wildman–Crippen LogP) is -0.0651. The lowest BCUT2D eigenvalue weighted by atomic mass is 10.2. The summed E-state index contributed by atoms with van der Waals surface area (Å²) in [4.78, 5) is 6.21. The van der Waals surface area contributed by atoms with Crippen LogP contribution in [-0.4, -0.2) is 41.6 Å². The lowest BCUT2D eigenvalue weighted by Gasteiger charge is -2.36. The Morgan fingerprint density at radius 2 is 2.17 bits per heavy atom. The Morgan fingerprint density at radius 1 is 1.42 bits per heavy atom. The minimum atomic E-state index is -0.280. The third-order valence-corrected chi connectivity index (χ3v) is 2.74. The summed E-state index contributed by atoms with van der Waals surface area (Å²) in [6.45, 7) is 0. The number of nitrogens with zero attached hydrogens (tertiary/aromatic N) is 2. The van der Waals surface area contributed by atoms with Gasteiger partial charge in [-0.15, -0.1) is 11.6 Å². The van der Waals surface area contributed by atoms with Crippen LogP contribution in [0.25, 0.3) is 0 Å². The molecule has 1 fully saturated rings. The molecule has 12 heavy (non-hydrogen) atoms. The fraction of sp³-hybridized carbons (Fsp3) is 0.833. The van der Waals surface area contributed by atoms with Gasteiger partial charge < -0.3 is 4.90 Å². The normalized spacial score (nSPS) is 46.4. The first kappa shape index (κ1) is 8.56. The Morgan fingerprint density at radius 3 is 2.92 bits per heavy atom. The Bertz CT molecular complexity index is 210. The summed E-state index contributed by atoms with van der Waals surface area (Å²) in [6, 6.07) is 0.0478. The van der Waals surface area contributed by atoms with Gasteiger partial charge in [0.1, 0.15) is 23.3 Å². The lowest BCUT2D eigenvalue weighted by molar-refractivity contribution is 0.220. The van der Waals surface area contributed by atoms with Gasteiger partial charge >= 0.3 is 0 Å². The molecule has 0 aromatic rings. The van der Waals surface area contributed by atoms with Crippen molar-refractivity contribution in [2.75, 3.05) is 7.05 Å². The molecule has 0 spiro atoms. The van der Waals surface area contributed by atoms with Gasteiger partial charge in [-0.1, -0.05) is 11.6 Å². The molecule has 1 saturated heterocycles. The lowest BCUT2D eigenvalue weighted by Crippen LogP contribution is -2.63.